The van der Waals surface area contributed by atoms with Crippen LogP contribution >= 0.6 is 24.0 Å². The van der Waals surface area contributed by atoms with E-state index in [9.17, 15) is 9.59 Å². The highest BCUT2D eigenvalue weighted by Crippen LogP contribution is 2.13. The predicted octanol–water partition coefficient (Wildman–Crippen LogP) is 2.63. The van der Waals surface area contributed by atoms with Gasteiger partial charge >= 0.3 is 6.09 Å². The van der Waals surface area contributed by atoms with Crippen molar-refractivity contribution in [3.8, 4) is 0 Å². The Balaban J connectivity index is 0.00000392. The number of aliphatic imine (C=N–C) groups is 1. The van der Waals surface area contributed by atoms with Gasteiger partial charge in [0.1, 0.15) is 5.60 Å². The lowest BCUT2D eigenvalue weighted by atomic mass is 10.2. The highest BCUT2D eigenvalue weighted by atomic mass is 127. The van der Waals surface area contributed by atoms with Crippen molar-refractivity contribution in [2.24, 2.45) is 10.7 Å². The number of rotatable bonds is 3. The molecule has 9 heteroatoms. The summed E-state index contributed by atoms with van der Waals surface area (Å²) < 4.78 is 5.39. The van der Waals surface area contributed by atoms with Gasteiger partial charge in [0.25, 0.3) is 0 Å². The minimum absolute atomic E-state index is 0. The van der Waals surface area contributed by atoms with E-state index in [0.717, 1.165) is 11.3 Å². The van der Waals surface area contributed by atoms with Gasteiger partial charge in [0, 0.05) is 38.8 Å². The quantitative estimate of drug-likeness (QED) is 0.376. The number of guanidine groups is 1. The first-order valence-corrected chi connectivity index (χ1v) is 9.03. The second-order valence-corrected chi connectivity index (χ2v) is 7.51. The van der Waals surface area contributed by atoms with Crippen LogP contribution in [0.2, 0.25) is 0 Å². The van der Waals surface area contributed by atoms with Gasteiger partial charge in [0.05, 0.1) is 6.54 Å². The number of halogens is 1. The molecule has 2 rings (SSSR count). The summed E-state index contributed by atoms with van der Waals surface area (Å²) in [5, 5.41) is 2.75. The Kier molecular flexibility index (Phi) is 8.99. The molecule has 1 aliphatic rings. The molecule has 1 saturated heterocycles. The molecule has 2 amide bonds. The third-order valence-corrected chi connectivity index (χ3v) is 3.93. The molecular weight excluding hydrogens is 473 g/mol. The Labute approximate surface area is 183 Å². The fourth-order valence-electron chi connectivity index (χ4n) is 2.67. The van der Waals surface area contributed by atoms with Gasteiger partial charge in [-0.3, -0.25) is 4.79 Å². The van der Waals surface area contributed by atoms with Gasteiger partial charge in [-0.1, -0.05) is 12.1 Å². The molecule has 0 aliphatic carbocycles. The van der Waals surface area contributed by atoms with Gasteiger partial charge in [0.2, 0.25) is 5.91 Å². The van der Waals surface area contributed by atoms with Crippen LogP contribution in [0.3, 0.4) is 0 Å². The lowest BCUT2D eigenvalue weighted by Crippen LogP contribution is -2.53. The zero-order valence-corrected chi connectivity index (χ0v) is 19.2. The summed E-state index contributed by atoms with van der Waals surface area (Å²) in [6, 6.07) is 7.50. The molecule has 1 aromatic carbocycles. The van der Waals surface area contributed by atoms with E-state index in [1.54, 1.807) is 4.90 Å². The Morgan fingerprint density at radius 1 is 1.18 bits per heavy atom. The summed E-state index contributed by atoms with van der Waals surface area (Å²) in [4.78, 5) is 31.3. The Morgan fingerprint density at radius 2 is 1.79 bits per heavy atom. The van der Waals surface area contributed by atoms with Crippen molar-refractivity contribution >= 4 is 47.6 Å². The molecule has 1 aromatic rings. The van der Waals surface area contributed by atoms with Crippen molar-refractivity contribution in [3.05, 3.63) is 29.8 Å². The topological polar surface area (TPSA) is 100 Å². The number of hydrogen-bond acceptors (Lipinski definition) is 4. The number of benzene rings is 1. The molecule has 8 nitrogen and oxygen atoms in total. The predicted molar refractivity (Wildman–Crippen MR) is 121 cm³/mol. The number of ether oxygens (including phenoxy) is 1. The van der Waals surface area contributed by atoms with Gasteiger partial charge < -0.3 is 25.6 Å². The normalized spacial score (nSPS) is 14.9. The summed E-state index contributed by atoms with van der Waals surface area (Å²) in [5.74, 6) is 0.335. The lowest BCUT2D eigenvalue weighted by molar-refractivity contribution is -0.114. The maximum absolute atomic E-state index is 12.1. The second-order valence-electron chi connectivity index (χ2n) is 7.51. The molecule has 1 aliphatic heterocycles. The smallest absolute Gasteiger partial charge is 0.410 e. The molecule has 0 saturated carbocycles. The zero-order chi connectivity index (χ0) is 20.0. The molecule has 0 atom stereocenters. The van der Waals surface area contributed by atoms with E-state index < -0.39 is 5.60 Å². The summed E-state index contributed by atoms with van der Waals surface area (Å²) in [5.41, 5.74) is 7.30. The first-order valence-electron chi connectivity index (χ1n) is 9.03. The van der Waals surface area contributed by atoms with Gasteiger partial charge in [0.15, 0.2) is 5.96 Å². The minimum atomic E-state index is -0.500. The van der Waals surface area contributed by atoms with Crippen molar-refractivity contribution in [3.63, 3.8) is 0 Å². The van der Waals surface area contributed by atoms with Crippen molar-refractivity contribution in [1.82, 2.24) is 9.80 Å². The Hall–Kier alpha value is -2.04. The van der Waals surface area contributed by atoms with Crippen LogP contribution in [0.25, 0.3) is 0 Å². The van der Waals surface area contributed by atoms with Crippen molar-refractivity contribution in [1.29, 1.82) is 0 Å². The molecular formula is C19H30IN5O3. The van der Waals surface area contributed by atoms with Crippen LogP contribution in [-0.4, -0.2) is 59.5 Å². The number of carbonyl (C=O) groups is 2. The number of nitrogens with zero attached hydrogens (tertiary/aromatic N) is 3. The number of carbonyl (C=O) groups excluding carboxylic acids is 2. The van der Waals surface area contributed by atoms with Gasteiger partial charge in [-0.25, -0.2) is 9.79 Å². The zero-order valence-electron chi connectivity index (χ0n) is 16.9. The molecule has 28 heavy (non-hydrogen) atoms. The standard InChI is InChI=1S/C19H29N5O3.HI/c1-14(25)22-16-7-5-6-15(12-16)13-21-17(20)23-8-10-24(11-9-23)18(26)27-19(2,3)4;/h5-7,12H,8-11,13H2,1-4H3,(H2,20,21)(H,22,25);1H. The molecule has 156 valence electrons. The summed E-state index contributed by atoms with van der Waals surface area (Å²) in [6.45, 7) is 9.77. The molecule has 1 heterocycles. The number of nitrogens with two attached hydrogens (primary N) is 1. The fourth-order valence-corrected chi connectivity index (χ4v) is 2.67. The Bertz CT molecular complexity index is 710. The second kappa shape index (κ2) is 10.5. The Morgan fingerprint density at radius 3 is 2.36 bits per heavy atom. The molecule has 3 N–H and O–H groups in total. The average molecular weight is 503 g/mol. The maximum atomic E-state index is 12.1. The van der Waals surface area contributed by atoms with E-state index in [-0.39, 0.29) is 36.0 Å². The van der Waals surface area contributed by atoms with Crippen molar-refractivity contribution in [2.45, 2.75) is 39.8 Å². The first-order chi connectivity index (χ1) is 12.6. The fraction of sp³-hybridized carbons (Fsp3) is 0.526. The molecule has 0 aromatic heterocycles. The minimum Gasteiger partial charge on any atom is -0.444 e. The van der Waals surface area contributed by atoms with Crippen LogP contribution in [0.4, 0.5) is 10.5 Å². The largest absolute Gasteiger partial charge is 0.444 e. The highest BCUT2D eigenvalue weighted by Gasteiger charge is 2.26. The number of piperazine rings is 1. The van der Waals surface area contributed by atoms with E-state index >= 15 is 0 Å². The van der Waals surface area contributed by atoms with E-state index in [4.69, 9.17) is 10.5 Å². The monoisotopic (exact) mass is 503 g/mol. The average Bonchev–Trinajstić information content (AvgIpc) is 2.58. The summed E-state index contributed by atoms with van der Waals surface area (Å²) in [6.07, 6.45) is -0.299. The summed E-state index contributed by atoms with van der Waals surface area (Å²) in [7, 11) is 0. The van der Waals surface area contributed by atoms with Crippen LogP contribution in [0.5, 0.6) is 0 Å². The van der Waals surface area contributed by atoms with Crippen molar-refractivity contribution in [2.75, 3.05) is 31.5 Å². The van der Waals surface area contributed by atoms with E-state index in [1.807, 2.05) is 49.9 Å². The van der Waals surface area contributed by atoms with E-state index in [2.05, 4.69) is 10.3 Å². The molecule has 0 radical (unpaired) electrons. The first kappa shape index (κ1) is 24.0. The van der Waals surface area contributed by atoms with E-state index in [1.165, 1.54) is 6.92 Å². The van der Waals surface area contributed by atoms with E-state index in [0.29, 0.717) is 38.7 Å². The van der Waals surface area contributed by atoms with Gasteiger partial charge in [-0.2, -0.15) is 0 Å². The van der Waals surface area contributed by atoms with Crippen LogP contribution in [0.15, 0.2) is 29.3 Å². The maximum Gasteiger partial charge on any atom is 0.410 e. The van der Waals surface area contributed by atoms with Crippen LogP contribution in [0.1, 0.15) is 33.3 Å². The van der Waals surface area contributed by atoms with Gasteiger partial charge in [-0.05, 0) is 38.5 Å². The molecule has 1 fully saturated rings. The van der Waals surface area contributed by atoms with Gasteiger partial charge in [-0.15, -0.1) is 24.0 Å². The lowest BCUT2D eigenvalue weighted by Gasteiger charge is -2.36. The molecule has 0 unspecified atom stereocenters. The highest BCUT2D eigenvalue weighted by molar-refractivity contribution is 14.0. The van der Waals surface area contributed by atoms with Crippen molar-refractivity contribution < 1.29 is 14.3 Å². The third-order valence-electron chi connectivity index (χ3n) is 3.93. The summed E-state index contributed by atoms with van der Waals surface area (Å²) >= 11 is 0. The molecule has 0 spiro atoms. The molecule has 0 bridgehead atoms. The number of hydrogen-bond donors (Lipinski definition) is 2. The number of amides is 2. The SMILES string of the molecule is CC(=O)Nc1cccc(CN=C(N)N2CCN(C(=O)OC(C)(C)C)CC2)c1.I. The number of nitrogens with one attached hydrogen (secondary N) is 1. The van der Waals surface area contributed by atoms with Crippen LogP contribution < -0.4 is 11.1 Å². The van der Waals surface area contributed by atoms with Crippen LogP contribution in [-0.2, 0) is 16.1 Å². The third kappa shape index (κ3) is 7.91. The number of anilines is 1. The van der Waals surface area contributed by atoms with Crippen LogP contribution in [0, 0.1) is 0 Å².